The number of hydrogen-bond donors (Lipinski definition) is 2. The second-order valence-electron chi connectivity index (χ2n) is 7.08. The molecule has 0 unspecified atom stereocenters. The van der Waals surface area contributed by atoms with Crippen LogP contribution in [0.1, 0.15) is 25.0 Å². The number of ether oxygens (including phenoxy) is 1. The standard InChI is InChI=1S/C21H23FN2O2/c1-21(2,13-24-20(25)10-14-5-4-6-15(22)9-14)18-12-23-19-8-7-16(26-3)11-17(18)19/h4-9,11-12,23H,10,13H2,1-3H3,(H,24,25). The summed E-state index contributed by atoms with van der Waals surface area (Å²) in [5.41, 5.74) is 2.52. The molecule has 0 radical (unpaired) electrons. The van der Waals surface area contributed by atoms with Gasteiger partial charge >= 0.3 is 0 Å². The Labute approximate surface area is 152 Å². The first-order valence-corrected chi connectivity index (χ1v) is 8.56. The van der Waals surface area contributed by atoms with Crippen LogP contribution in [0.5, 0.6) is 5.75 Å². The molecule has 0 saturated heterocycles. The zero-order chi connectivity index (χ0) is 18.7. The zero-order valence-corrected chi connectivity index (χ0v) is 15.2. The quantitative estimate of drug-likeness (QED) is 0.704. The van der Waals surface area contributed by atoms with Gasteiger partial charge in [-0.1, -0.05) is 26.0 Å². The summed E-state index contributed by atoms with van der Waals surface area (Å²) in [5, 5.41) is 4.04. The minimum absolute atomic E-state index is 0.124. The second kappa shape index (κ2) is 7.20. The molecule has 2 aromatic carbocycles. The fraction of sp³-hybridized carbons (Fsp3) is 0.286. The number of carbonyl (C=O) groups excluding carboxylic acids is 1. The van der Waals surface area contributed by atoms with Crippen molar-refractivity contribution in [3.05, 3.63) is 65.6 Å². The van der Waals surface area contributed by atoms with Gasteiger partial charge in [-0.05, 0) is 41.5 Å². The lowest BCUT2D eigenvalue weighted by Crippen LogP contribution is -2.37. The van der Waals surface area contributed by atoms with Crippen molar-refractivity contribution in [3.63, 3.8) is 0 Å². The van der Waals surface area contributed by atoms with Crippen LogP contribution in [0.4, 0.5) is 4.39 Å². The Hall–Kier alpha value is -2.82. The van der Waals surface area contributed by atoms with E-state index in [1.807, 2.05) is 24.4 Å². The SMILES string of the molecule is COc1ccc2[nH]cc(C(C)(C)CNC(=O)Cc3cccc(F)c3)c2c1. The van der Waals surface area contributed by atoms with Gasteiger partial charge < -0.3 is 15.0 Å². The molecule has 0 aliphatic heterocycles. The van der Waals surface area contributed by atoms with E-state index in [1.54, 1.807) is 19.2 Å². The third-order valence-electron chi connectivity index (χ3n) is 4.60. The normalized spacial score (nSPS) is 11.5. The Morgan fingerprint density at radius 3 is 2.77 bits per heavy atom. The maximum Gasteiger partial charge on any atom is 0.224 e. The highest BCUT2D eigenvalue weighted by Crippen LogP contribution is 2.32. The molecule has 26 heavy (non-hydrogen) atoms. The molecule has 0 atom stereocenters. The maximum atomic E-state index is 13.2. The lowest BCUT2D eigenvalue weighted by molar-refractivity contribution is -0.120. The second-order valence-corrected chi connectivity index (χ2v) is 7.08. The minimum atomic E-state index is -0.330. The van der Waals surface area contributed by atoms with Crippen LogP contribution in [0.25, 0.3) is 10.9 Å². The summed E-state index contributed by atoms with van der Waals surface area (Å²) in [6, 6.07) is 12.0. The number of H-pyrrole nitrogens is 1. The maximum absolute atomic E-state index is 13.2. The molecule has 4 nitrogen and oxygen atoms in total. The van der Waals surface area contributed by atoms with Gasteiger partial charge in [0.2, 0.25) is 5.91 Å². The fourth-order valence-corrected chi connectivity index (χ4v) is 3.10. The zero-order valence-electron chi connectivity index (χ0n) is 15.2. The fourth-order valence-electron chi connectivity index (χ4n) is 3.10. The van der Waals surface area contributed by atoms with E-state index in [-0.39, 0.29) is 23.6 Å². The monoisotopic (exact) mass is 354 g/mol. The van der Waals surface area contributed by atoms with E-state index in [9.17, 15) is 9.18 Å². The summed E-state index contributed by atoms with van der Waals surface area (Å²) < 4.78 is 18.6. The van der Waals surface area contributed by atoms with E-state index < -0.39 is 0 Å². The summed E-state index contributed by atoms with van der Waals surface area (Å²) in [6.07, 6.45) is 2.14. The summed E-state index contributed by atoms with van der Waals surface area (Å²) in [6.45, 7) is 4.64. The molecule has 0 bridgehead atoms. The van der Waals surface area contributed by atoms with Crippen molar-refractivity contribution in [1.82, 2.24) is 10.3 Å². The minimum Gasteiger partial charge on any atom is -0.497 e. The van der Waals surface area contributed by atoms with Crippen molar-refractivity contribution in [2.24, 2.45) is 0 Å². The molecule has 2 N–H and O–H groups in total. The first-order chi connectivity index (χ1) is 12.4. The molecule has 136 valence electrons. The van der Waals surface area contributed by atoms with Crippen LogP contribution in [0.3, 0.4) is 0 Å². The Balaban J connectivity index is 1.71. The first kappa shape index (κ1) is 18.0. The Bertz CT molecular complexity index is 931. The van der Waals surface area contributed by atoms with E-state index in [0.717, 1.165) is 22.2 Å². The Morgan fingerprint density at radius 2 is 2.04 bits per heavy atom. The van der Waals surface area contributed by atoms with Crippen LogP contribution < -0.4 is 10.1 Å². The van der Waals surface area contributed by atoms with E-state index in [0.29, 0.717) is 12.1 Å². The lowest BCUT2D eigenvalue weighted by atomic mass is 9.84. The van der Waals surface area contributed by atoms with Crippen LogP contribution in [-0.4, -0.2) is 24.5 Å². The Kier molecular flexibility index (Phi) is 4.98. The molecule has 1 amide bonds. The van der Waals surface area contributed by atoms with Gasteiger partial charge in [0.05, 0.1) is 13.5 Å². The molecule has 0 aliphatic rings. The van der Waals surface area contributed by atoms with Crippen LogP contribution in [-0.2, 0) is 16.6 Å². The first-order valence-electron chi connectivity index (χ1n) is 8.56. The third-order valence-corrected chi connectivity index (χ3v) is 4.60. The smallest absolute Gasteiger partial charge is 0.224 e. The molecule has 5 heteroatoms. The van der Waals surface area contributed by atoms with E-state index >= 15 is 0 Å². The van der Waals surface area contributed by atoms with Crippen LogP contribution in [0, 0.1) is 5.82 Å². The van der Waals surface area contributed by atoms with Crippen molar-refractivity contribution < 1.29 is 13.9 Å². The van der Waals surface area contributed by atoms with Crippen molar-refractivity contribution >= 4 is 16.8 Å². The third kappa shape index (κ3) is 3.87. The highest BCUT2D eigenvalue weighted by molar-refractivity contribution is 5.86. The molecule has 1 heterocycles. The molecular weight excluding hydrogens is 331 g/mol. The average Bonchev–Trinajstić information content (AvgIpc) is 3.04. The van der Waals surface area contributed by atoms with Gasteiger partial charge in [-0.25, -0.2) is 4.39 Å². The number of aromatic nitrogens is 1. The highest BCUT2D eigenvalue weighted by atomic mass is 19.1. The number of amides is 1. The van der Waals surface area contributed by atoms with Gasteiger partial charge in [0, 0.05) is 29.1 Å². The van der Waals surface area contributed by atoms with Gasteiger partial charge in [-0.3, -0.25) is 4.79 Å². The summed E-state index contributed by atoms with van der Waals surface area (Å²) in [4.78, 5) is 15.5. The number of methoxy groups -OCH3 is 1. The number of carbonyl (C=O) groups is 1. The largest absolute Gasteiger partial charge is 0.497 e. The van der Waals surface area contributed by atoms with E-state index in [4.69, 9.17) is 4.74 Å². The number of benzene rings is 2. The topological polar surface area (TPSA) is 54.1 Å². The predicted octanol–water partition coefficient (Wildman–Crippen LogP) is 3.95. The van der Waals surface area contributed by atoms with Crippen LogP contribution >= 0.6 is 0 Å². The van der Waals surface area contributed by atoms with Crippen LogP contribution in [0.2, 0.25) is 0 Å². The highest BCUT2D eigenvalue weighted by Gasteiger charge is 2.25. The van der Waals surface area contributed by atoms with Gasteiger partial charge in [0.15, 0.2) is 0 Å². The number of rotatable bonds is 6. The van der Waals surface area contributed by atoms with Crippen molar-refractivity contribution in [2.75, 3.05) is 13.7 Å². The number of aromatic amines is 1. The molecule has 1 aromatic heterocycles. The molecule has 0 saturated carbocycles. The Morgan fingerprint density at radius 1 is 1.23 bits per heavy atom. The molecular formula is C21H23FN2O2. The molecule has 0 aliphatic carbocycles. The van der Waals surface area contributed by atoms with Crippen molar-refractivity contribution in [2.45, 2.75) is 25.7 Å². The van der Waals surface area contributed by atoms with Gasteiger partial charge in [0.1, 0.15) is 11.6 Å². The van der Waals surface area contributed by atoms with Gasteiger partial charge in [-0.2, -0.15) is 0 Å². The van der Waals surface area contributed by atoms with Gasteiger partial charge in [-0.15, -0.1) is 0 Å². The van der Waals surface area contributed by atoms with Crippen LogP contribution in [0.15, 0.2) is 48.7 Å². The van der Waals surface area contributed by atoms with Crippen molar-refractivity contribution in [3.8, 4) is 5.75 Å². The number of nitrogens with one attached hydrogen (secondary N) is 2. The lowest BCUT2D eigenvalue weighted by Gasteiger charge is -2.25. The molecule has 0 spiro atoms. The summed E-state index contributed by atoms with van der Waals surface area (Å²) in [5.74, 6) is 0.341. The molecule has 0 fully saturated rings. The number of hydrogen-bond acceptors (Lipinski definition) is 2. The predicted molar refractivity (Wildman–Crippen MR) is 101 cm³/mol. The number of halogens is 1. The van der Waals surface area contributed by atoms with E-state index in [1.165, 1.54) is 12.1 Å². The summed E-state index contributed by atoms with van der Waals surface area (Å²) >= 11 is 0. The van der Waals surface area contributed by atoms with Gasteiger partial charge in [0.25, 0.3) is 0 Å². The van der Waals surface area contributed by atoms with Crippen molar-refractivity contribution in [1.29, 1.82) is 0 Å². The van der Waals surface area contributed by atoms with E-state index in [2.05, 4.69) is 24.1 Å². The molecule has 3 aromatic rings. The molecule has 3 rings (SSSR count). The summed E-state index contributed by atoms with van der Waals surface area (Å²) in [7, 11) is 1.64. The average molecular weight is 354 g/mol. The number of fused-ring (bicyclic) bond motifs is 1.